The Morgan fingerprint density at radius 1 is 0.500 bits per heavy atom. The van der Waals surface area contributed by atoms with Crippen LogP contribution in [-0.4, -0.2) is 42.6 Å². The van der Waals surface area contributed by atoms with Gasteiger partial charge in [0, 0.05) is 0 Å². The molecule has 0 N–H and O–H groups in total. The van der Waals surface area contributed by atoms with Crippen molar-refractivity contribution in [3.8, 4) is 28.4 Å². The fraction of sp³-hybridized carbons (Fsp3) is 0.625. The van der Waals surface area contributed by atoms with Gasteiger partial charge in [0.1, 0.15) is 0 Å². The summed E-state index contributed by atoms with van der Waals surface area (Å²) >= 11 is -2.88. The predicted octanol–water partition coefficient (Wildman–Crippen LogP) is 4.33. The molecule has 0 rings (SSSR count). The molecule has 0 heterocycles. The van der Waals surface area contributed by atoms with E-state index in [0.717, 1.165) is 0 Å². The molecule has 0 saturated heterocycles. The zero-order valence-corrected chi connectivity index (χ0v) is 20.9. The van der Waals surface area contributed by atoms with Crippen molar-refractivity contribution in [2.24, 2.45) is 0 Å². The Balaban J connectivity index is 5.71. The fourth-order valence-corrected chi connectivity index (χ4v) is 19.5. The van der Waals surface area contributed by atoms with E-state index in [0.29, 0.717) is 0 Å². The van der Waals surface area contributed by atoms with E-state index in [-0.39, 0.29) is 0 Å². The molecule has 20 heavy (non-hydrogen) atoms. The molecule has 0 aromatic heterocycles. The molecule has 0 spiro atoms. The van der Waals surface area contributed by atoms with Crippen molar-refractivity contribution in [3.63, 3.8) is 0 Å². The van der Waals surface area contributed by atoms with Crippen LogP contribution in [0, 0.1) is 28.4 Å². The van der Waals surface area contributed by atoms with E-state index in [9.17, 15) is 0 Å². The third kappa shape index (κ3) is 11.9. The average Bonchev–Trinajstić information content (AvgIpc) is 2.18. The molecule has 0 nitrogen and oxygen atoms in total. The second-order valence-corrected chi connectivity index (χ2v) is 31.4. The second-order valence-electron chi connectivity index (χ2n) is 8.62. The summed E-state index contributed by atoms with van der Waals surface area (Å²) < 4.78 is 10.8. The van der Waals surface area contributed by atoms with Gasteiger partial charge in [0.2, 0.25) is 0 Å². The molecule has 0 fully saturated rings. The molecule has 0 amide bonds. The Kier molecular flexibility index (Phi) is 6.97. The zero-order valence-electron chi connectivity index (χ0n) is 15.0. The van der Waals surface area contributed by atoms with E-state index in [1.807, 2.05) is 0 Å². The van der Waals surface area contributed by atoms with Crippen LogP contribution in [0.4, 0.5) is 0 Å². The van der Waals surface area contributed by atoms with Gasteiger partial charge in [0.25, 0.3) is 0 Å². The monoisotopic (exact) mass is 426 g/mol. The van der Waals surface area contributed by atoms with E-state index >= 15 is 0 Å². The minimum absolute atomic E-state index is 1.34. The first-order valence-electron chi connectivity index (χ1n) is 7.25. The van der Waals surface area contributed by atoms with E-state index in [4.69, 9.17) is 0 Å². The molecule has 0 radical (unpaired) electrons. The van der Waals surface area contributed by atoms with E-state index < -0.39 is 42.6 Å². The van der Waals surface area contributed by atoms with Crippen molar-refractivity contribution >= 4 is 42.6 Å². The van der Waals surface area contributed by atoms with Crippen LogP contribution >= 0.6 is 0 Å². The van der Waals surface area contributed by atoms with Gasteiger partial charge < -0.3 is 0 Å². The van der Waals surface area contributed by atoms with Crippen molar-refractivity contribution in [1.82, 2.24) is 0 Å². The maximum atomic E-state index is 3.60. The maximum absolute atomic E-state index is 3.60. The number of hydrogen-bond acceptors (Lipinski definition) is 0. The Hall–Kier alpha value is 0.129. The summed E-state index contributed by atoms with van der Waals surface area (Å²) in [5.74, 6) is 0. The van der Waals surface area contributed by atoms with Crippen molar-refractivity contribution in [2.75, 3.05) is 0 Å². The van der Waals surface area contributed by atoms with Gasteiger partial charge >= 0.3 is 135 Å². The second kappa shape index (κ2) is 6.93. The SMILES string of the molecule is C[Si](C)(C)C#[C][Sn]([CH3])([C]#C[Si](C)(C)C)[C]#C[Si](C)(C)C. The van der Waals surface area contributed by atoms with Gasteiger partial charge in [-0.2, -0.15) is 0 Å². The zero-order chi connectivity index (χ0) is 16.2. The van der Waals surface area contributed by atoms with Gasteiger partial charge in [-0.3, -0.25) is 0 Å². The van der Waals surface area contributed by atoms with Crippen molar-refractivity contribution in [1.29, 1.82) is 0 Å². The normalized spacial score (nSPS) is 12.3. The summed E-state index contributed by atoms with van der Waals surface area (Å²) in [4.78, 5) is 2.29. The van der Waals surface area contributed by atoms with Crippen LogP contribution < -0.4 is 0 Å². The summed E-state index contributed by atoms with van der Waals surface area (Å²) in [6.07, 6.45) is 0. The van der Waals surface area contributed by atoms with E-state index in [1.54, 1.807) is 0 Å². The van der Waals surface area contributed by atoms with Gasteiger partial charge in [-0.1, -0.05) is 0 Å². The van der Waals surface area contributed by atoms with Gasteiger partial charge in [0.15, 0.2) is 0 Å². The van der Waals surface area contributed by atoms with E-state index in [1.165, 1.54) is 0 Å². The fourth-order valence-electron chi connectivity index (χ4n) is 1.03. The summed E-state index contributed by atoms with van der Waals surface area (Å²) in [6, 6.07) is 0. The van der Waals surface area contributed by atoms with Crippen LogP contribution in [0.2, 0.25) is 63.9 Å². The molecule has 0 atom stereocenters. The first kappa shape index (κ1) is 20.1. The first-order chi connectivity index (χ1) is 8.62. The molecule has 0 aromatic carbocycles. The molecule has 0 saturated carbocycles. The molecule has 0 aromatic rings. The summed E-state index contributed by atoms with van der Waals surface area (Å²) in [6.45, 7) is 20.7. The summed E-state index contributed by atoms with van der Waals surface area (Å²) in [5.41, 5.74) is 10.6. The molecule has 0 aliphatic heterocycles. The van der Waals surface area contributed by atoms with Gasteiger partial charge in [-0.25, -0.2) is 0 Å². The number of hydrogen-bond donors (Lipinski definition) is 0. The topological polar surface area (TPSA) is 0 Å². The Morgan fingerprint density at radius 3 is 0.850 bits per heavy atom. The van der Waals surface area contributed by atoms with Crippen molar-refractivity contribution < 1.29 is 0 Å². The van der Waals surface area contributed by atoms with Crippen molar-refractivity contribution in [3.05, 3.63) is 0 Å². The van der Waals surface area contributed by atoms with E-state index in [2.05, 4.69) is 92.3 Å². The molecule has 4 heteroatoms. The Labute approximate surface area is 134 Å². The van der Waals surface area contributed by atoms with Crippen LogP contribution in [0.1, 0.15) is 0 Å². The first-order valence-corrected chi connectivity index (χ1v) is 24.9. The molecule has 0 aliphatic carbocycles. The average molecular weight is 425 g/mol. The molecular weight excluding hydrogens is 395 g/mol. The van der Waals surface area contributed by atoms with Crippen molar-refractivity contribution in [2.45, 2.75) is 63.9 Å². The molecule has 0 unspecified atom stereocenters. The number of rotatable bonds is 0. The summed E-state index contributed by atoms with van der Waals surface area (Å²) in [5, 5.41) is 0. The Bertz CT molecular complexity index is 444. The Morgan fingerprint density at radius 2 is 0.700 bits per heavy atom. The molecule has 110 valence electrons. The van der Waals surface area contributed by atoms with Crippen LogP contribution in [-0.2, 0) is 0 Å². The van der Waals surface area contributed by atoms with Crippen LogP contribution in [0.3, 0.4) is 0 Å². The standard InChI is InChI=1S/3C5H9Si.CH3.Sn/c3*1-5-6(2,3)4;;/h3*2-4H3;1H3;. The van der Waals surface area contributed by atoms with Crippen LogP contribution in [0.5, 0.6) is 0 Å². The quantitative estimate of drug-likeness (QED) is 0.401. The molecule has 0 aliphatic rings. The third-order valence-electron chi connectivity index (χ3n) is 2.06. The molecular formula is C16H30Si3Sn. The molecule has 0 bridgehead atoms. The van der Waals surface area contributed by atoms with Gasteiger partial charge in [-0.15, -0.1) is 0 Å². The summed E-state index contributed by atoms with van der Waals surface area (Å²) in [7, 11) is -4.01. The third-order valence-corrected chi connectivity index (χ3v) is 12.2. The predicted molar refractivity (Wildman–Crippen MR) is 105 cm³/mol. The van der Waals surface area contributed by atoms with Gasteiger partial charge in [0.05, 0.1) is 0 Å². The van der Waals surface area contributed by atoms with Gasteiger partial charge in [-0.05, 0) is 0 Å². The van der Waals surface area contributed by atoms with Crippen LogP contribution in [0.25, 0.3) is 0 Å². The van der Waals surface area contributed by atoms with Crippen LogP contribution in [0.15, 0.2) is 0 Å². The minimum atomic E-state index is -2.88.